The predicted octanol–water partition coefficient (Wildman–Crippen LogP) is 20.6. The zero-order valence-electron chi connectivity index (χ0n) is 57.5. The molecule has 0 aliphatic rings. The summed E-state index contributed by atoms with van der Waals surface area (Å²) in [6.45, 7) is 2.41. The number of amides is 3. The maximum atomic E-state index is 13.9. The number of benzene rings is 10. The number of nitrogens with zero attached hydrogens (tertiary/aromatic N) is 8. The van der Waals surface area contributed by atoms with Crippen molar-refractivity contribution in [3.63, 3.8) is 0 Å². The zero-order chi connectivity index (χ0) is 79.1. The Morgan fingerprint density at radius 3 is 1.25 bits per heavy atom. The minimum absolute atomic E-state index is 0.0336. The Morgan fingerprint density at radius 2 is 0.793 bits per heavy atom. The molecular weight excluding hydrogens is 1490 g/mol. The second-order valence-electron chi connectivity index (χ2n) is 24.8. The summed E-state index contributed by atoms with van der Waals surface area (Å²) in [5.74, 6) is -1.66. The fourth-order valence-electron chi connectivity index (χ4n) is 11.7. The van der Waals surface area contributed by atoms with Crippen LogP contribution in [0.2, 0.25) is 5.02 Å². The first-order valence-electron chi connectivity index (χ1n) is 33.2. The third-order valence-corrected chi connectivity index (χ3v) is 17.4. The number of hydrogen-bond donors (Lipinski definition) is 4. The van der Waals surface area contributed by atoms with Gasteiger partial charge in [0.15, 0.2) is 23.3 Å². The number of halogens is 15. The van der Waals surface area contributed by atoms with E-state index in [-0.39, 0.29) is 64.7 Å². The molecule has 16 nitrogen and oxygen atoms in total. The van der Waals surface area contributed by atoms with E-state index in [1.54, 1.807) is 70.9 Å². The molecule has 566 valence electrons. The van der Waals surface area contributed by atoms with E-state index in [4.69, 9.17) is 21.8 Å². The fraction of sp³-hybridized carbons (Fsp3) is 0.113. The van der Waals surface area contributed by atoms with Gasteiger partial charge in [0.05, 0.1) is 87.9 Å². The van der Waals surface area contributed by atoms with E-state index < -0.39 is 76.3 Å². The zero-order valence-corrected chi connectivity index (χ0v) is 58.2. The molecule has 5 heterocycles. The van der Waals surface area contributed by atoms with Gasteiger partial charge < -0.3 is 26.1 Å². The smallest absolute Gasteiger partial charge is 0.418 e. The highest BCUT2D eigenvalue weighted by Gasteiger charge is 2.36. The van der Waals surface area contributed by atoms with Gasteiger partial charge in [-0.05, 0) is 163 Å². The minimum Gasteiger partial charge on any atom is -0.469 e. The molecule has 0 atom stereocenters. The van der Waals surface area contributed by atoms with Crippen LogP contribution >= 0.6 is 11.6 Å². The Balaban J connectivity index is 0.000000140. The second kappa shape index (κ2) is 32.4. The number of aryl methyl sites for hydroxylation is 1. The predicted molar refractivity (Wildman–Crippen MR) is 391 cm³/mol. The Hall–Kier alpha value is -13.1. The fourth-order valence-corrected chi connectivity index (χ4v) is 11.9. The first kappa shape index (κ1) is 77.5. The van der Waals surface area contributed by atoms with Crippen molar-refractivity contribution in [1.29, 1.82) is 0 Å². The highest BCUT2D eigenvalue weighted by molar-refractivity contribution is 6.30. The molecule has 0 radical (unpaired) electrons. The Morgan fingerprint density at radius 1 is 0.405 bits per heavy atom. The summed E-state index contributed by atoms with van der Waals surface area (Å²) in [4.78, 5) is 37.5. The van der Waals surface area contributed by atoms with Gasteiger partial charge in [0, 0.05) is 32.1 Å². The standard InChI is InChI=1S/C22H15F6N3O2.2C22H15F4N3O.C14H12ClN3/c1-12-15(9-10-33-12)20(32)29-19-16-3-2-4-17(22(26,27)28)18(16)31(30-19)11-13-5-7-14(8-6-13)21(23,24)25;23-18-7-3-1-5-16(18)21(30)27-20-17-6-2-4-8-19(17)29(28-20)13-14-9-11-15(12-10-14)22(24,25)26;23-17-5-3-4-15(12-17)21(30)27-20-18-6-1-2-7-19(18)29(28-20)13-14-8-10-16(11-9-14)22(24,25)26;15-11-7-5-10(6-8-11)9-18-13-4-2-1-3-12(13)14(16)17-18/h2-10H,11H2,1H3,(H,29,30,32);2*1-12H,13H2,(H,27,28,30);1-8H,9H2,(H2,16,17). The number of hydrogen-bond acceptors (Lipinski definition) is 9. The second-order valence-corrected chi connectivity index (χ2v) is 25.2. The molecule has 3 amide bonds. The number of nitrogens with two attached hydrogens (primary N) is 1. The van der Waals surface area contributed by atoms with Crippen LogP contribution in [0, 0.1) is 18.6 Å². The number of rotatable bonds is 14. The van der Waals surface area contributed by atoms with E-state index in [0.717, 1.165) is 74.7 Å². The van der Waals surface area contributed by atoms with E-state index >= 15 is 0 Å². The molecule has 5 N–H and O–H groups in total. The molecule has 0 saturated carbocycles. The van der Waals surface area contributed by atoms with E-state index in [1.807, 2.05) is 53.2 Å². The van der Waals surface area contributed by atoms with Gasteiger partial charge in [-0.1, -0.05) is 121 Å². The third-order valence-electron chi connectivity index (χ3n) is 17.2. The summed E-state index contributed by atoms with van der Waals surface area (Å²) >= 11 is 5.87. The number of anilines is 4. The minimum atomic E-state index is -4.72. The lowest BCUT2D eigenvalue weighted by Crippen LogP contribution is -2.14. The maximum absolute atomic E-state index is 13.9. The van der Waals surface area contributed by atoms with E-state index in [0.29, 0.717) is 56.6 Å². The van der Waals surface area contributed by atoms with Gasteiger partial charge in [-0.3, -0.25) is 33.1 Å². The molecule has 0 fully saturated rings. The molecule has 0 spiro atoms. The van der Waals surface area contributed by atoms with Gasteiger partial charge >= 0.3 is 24.7 Å². The van der Waals surface area contributed by atoms with Crippen LogP contribution in [-0.4, -0.2) is 56.8 Å². The Bertz CT molecular complexity index is 5850. The normalized spacial score (nSPS) is 11.7. The molecule has 5 aromatic heterocycles. The Labute approximate surface area is 624 Å². The van der Waals surface area contributed by atoms with Crippen molar-refractivity contribution in [2.75, 3.05) is 21.7 Å². The van der Waals surface area contributed by atoms with Crippen LogP contribution in [0.25, 0.3) is 43.6 Å². The number of nitrogen functional groups attached to an aromatic ring is 1. The molecule has 31 heteroatoms. The molecule has 10 aromatic carbocycles. The van der Waals surface area contributed by atoms with Crippen molar-refractivity contribution in [1.82, 2.24) is 39.1 Å². The molecule has 111 heavy (non-hydrogen) atoms. The first-order chi connectivity index (χ1) is 52.8. The van der Waals surface area contributed by atoms with Crippen molar-refractivity contribution >= 4 is 96.2 Å². The highest BCUT2D eigenvalue weighted by atomic mass is 35.5. The number of carbonyl (C=O) groups is 3. The monoisotopic (exact) mass is 1550 g/mol. The molecule has 15 rings (SSSR count). The van der Waals surface area contributed by atoms with Crippen LogP contribution in [0.3, 0.4) is 0 Å². The van der Waals surface area contributed by atoms with Crippen molar-refractivity contribution in [2.45, 2.75) is 57.8 Å². The summed E-state index contributed by atoms with van der Waals surface area (Å²) < 4.78 is 195. The van der Waals surface area contributed by atoms with Gasteiger partial charge in [0.1, 0.15) is 17.4 Å². The lowest BCUT2D eigenvalue weighted by Gasteiger charge is -2.12. The lowest BCUT2D eigenvalue weighted by molar-refractivity contribution is -0.138. The number of aromatic nitrogens is 8. The molecule has 0 unspecified atom stereocenters. The van der Waals surface area contributed by atoms with Gasteiger partial charge in [0.25, 0.3) is 17.7 Å². The quantitative estimate of drug-likeness (QED) is 0.0765. The van der Waals surface area contributed by atoms with Crippen LogP contribution in [0.5, 0.6) is 0 Å². The van der Waals surface area contributed by atoms with Crippen molar-refractivity contribution < 1.29 is 80.3 Å². The van der Waals surface area contributed by atoms with Crippen LogP contribution in [0.1, 0.15) is 81.3 Å². The Kier molecular flexibility index (Phi) is 22.6. The number of nitrogens with one attached hydrogen (secondary N) is 3. The summed E-state index contributed by atoms with van der Waals surface area (Å²) in [6, 6.07) is 59.3. The molecule has 15 aromatic rings. The first-order valence-corrected chi connectivity index (χ1v) is 33.6. The van der Waals surface area contributed by atoms with Crippen LogP contribution < -0.4 is 21.7 Å². The summed E-state index contributed by atoms with van der Waals surface area (Å²) in [5, 5.41) is 28.2. The highest BCUT2D eigenvalue weighted by Crippen LogP contribution is 2.39. The molecule has 0 bridgehead atoms. The number of fused-ring (bicyclic) bond motifs is 4. The van der Waals surface area contributed by atoms with E-state index in [1.165, 1.54) is 97.3 Å². The maximum Gasteiger partial charge on any atom is 0.418 e. The largest absolute Gasteiger partial charge is 0.469 e. The van der Waals surface area contributed by atoms with Crippen molar-refractivity contribution in [2.24, 2.45) is 0 Å². The molecule has 0 aliphatic carbocycles. The van der Waals surface area contributed by atoms with E-state index in [2.05, 4.69) is 36.3 Å². The summed E-state index contributed by atoms with van der Waals surface area (Å²) in [5.41, 5.74) is 7.62. The topological polar surface area (TPSA) is 198 Å². The number of carbonyl (C=O) groups excluding carboxylic acids is 3. The molecule has 0 saturated heterocycles. The lowest BCUT2D eigenvalue weighted by atomic mass is 10.1. The average molecular weight is 1550 g/mol. The van der Waals surface area contributed by atoms with Gasteiger partial charge in [-0.2, -0.15) is 73.1 Å². The van der Waals surface area contributed by atoms with E-state index in [9.17, 15) is 75.8 Å². The number of para-hydroxylation sites is 4. The third kappa shape index (κ3) is 18.5. The summed E-state index contributed by atoms with van der Waals surface area (Å²) in [6.07, 6.45) is -16.8. The van der Waals surface area contributed by atoms with Crippen LogP contribution in [0.15, 0.2) is 253 Å². The van der Waals surface area contributed by atoms with Gasteiger partial charge in [-0.15, -0.1) is 0 Å². The average Bonchev–Trinajstić information content (AvgIpc) is 1.63. The SMILES string of the molecule is Cc1occc1C(=O)Nc1nn(Cc2ccc(C(F)(F)F)cc2)c2c(C(F)(F)F)cccc12.Nc1nn(Cc2ccc(Cl)cc2)c2ccccc12.O=C(Nc1nn(Cc2ccc(C(F)(F)F)cc2)c2ccccc12)c1cccc(F)c1.O=C(Nc1nn(Cc2ccc(C(F)(F)F)cc2)c2ccccc12)c1ccccc1F. The number of furan rings is 1. The van der Waals surface area contributed by atoms with Crippen molar-refractivity contribution in [3.8, 4) is 0 Å². The van der Waals surface area contributed by atoms with Gasteiger partial charge in [-0.25, -0.2) is 8.78 Å². The summed E-state index contributed by atoms with van der Waals surface area (Å²) in [7, 11) is 0. The van der Waals surface area contributed by atoms with Crippen molar-refractivity contribution in [3.05, 3.63) is 333 Å². The van der Waals surface area contributed by atoms with Crippen LogP contribution in [-0.2, 0) is 50.9 Å². The van der Waals surface area contributed by atoms with Gasteiger partial charge in [0.2, 0.25) is 0 Å². The van der Waals surface area contributed by atoms with Crippen LogP contribution in [0.4, 0.5) is 84.7 Å². The molecule has 0 aliphatic heterocycles. The number of alkyl halides is 12. The molecular formula is C80H57ClF14N12O4.